The van der Waals surface area contributed by atoms with Crippen molar-refractivity contribution in [2.45, 2.75) is 6.04 Å². The lowest BCUT2D eigenvalue weighted by Gasteiger charge is -2.36. The quantitative estimate of drug-likeness (QED) is 0.903. The Kier molecular flexibility index (Phi) is 3.74. The molecule has 1 atom stereocenters. The van der Waals surface area contributed by atoms with Crippen molar-refractivity contribution in [2.75, 3.05) is 19.6 Å². The van der Waals surface area contributed by atoms with Gasteiger partial charge in [-0.2, -0.15) is 0 Å². The number of hydrogen-bond acceptors (Lipinski definition) is 3. The van der Waals surface area contributed by atoms with E-state index in [1.165, 1.54) is 5.56 Å². The van der Waals surface area contributed by atoms with Gasteiger partial charge in [0.15, 0.2) is 0 Å². The highest BCUT2D eigenvalue weighted by molar-refractivity contribution is 5.94. The summed E-state index contributed by atoms with van der Waals surface area (Å²) in [6, 6.07) is 13.8. The molecule has 20 heavy (non-hydrogen) atoms. The molecule has 0 aliphatic carbocycles. The van der Waals surface area contributed by atoms with E-state index < -0.39 is 0 Å². The highest BCUT2D eigenvalue weighted by Crippen LogP contribution is 2.23. The van der Waals surface area contributed by atoms with Crippen LogP contribution >= 0.6 is 0 Å². The van der Waals surface area contributed by atoms with Crippen LogP contribution in [0.3, 0.4) is 0 Å². The second kappa shape index (κ2) is 5.84. The van der Waals surface area contributed by atoms with E-state index in [-0.39, 0.29) is 11.9 Å². The fourth-order valence-electron chi connectivity index (χ4n) is 2.58. The monoisotopic (exact) mass is 267 g/mol. The molecule has 1 aromatic heterocycles. The summed E-state index contributed by atoms with van der Waals surface area (Å²) in [4.78, 5) is 18.6. The Balaban J connectivity index is 1.88. The van der Waals surface area contributed by atoms with Gasteiger partial charge >= 0.3 is 0 Å². The van der Waals surface area contributed by atoms with Crippen molar-refractivity contribution in [3.05, 3.63) is 66.0 Å². The Labute approximate surface area is 118 Å². The fourth-order valence-corrected chi connectivity index (χ4v) is 2.58. The molecule has 0 spiro atoms. The van der Waals surface area contributed by atoms with E-state index >= 15 is 0 Å². The second-order valence-corrected chi connectivity index (χ2v) is 4.87. The summed E-state index contributed by atoms with van der Waals surface area (Å²) in [5, 5.41) is 3.36. The molecule has 0 radical (unpaired) electrons. The third-order valence-corrected chi connectivity index (χ3v) is 3.62. The van der Waals surface area contributed by atoms with Crippen LogP contribution in [0.15, 0.2) is 54.9 Å². The number of rotatable bonds is 2. The zero-order valence-electron chi connectivity index (χ0n) is 11.2. The van der Waals surface area contributed by atoms with Crippen molar-refractivity contribution in [3.63, 3.8) is 0 Å². The topological polar surface area (TPSA) is 45.2 Å². The number of aromatic nitrogens is 1. The molecule has 1 saturated heterocycles. The SMILES string of the molecule is O=C(c1ccncc1)N1CCNCC1c1ccccc1. The summed E-state index contributed by atoms with van der Waals surface area (Å²) in [6.45, 7) is 2.35. The molecule has 102 valence electrons. The standard InChI is InChI=1S/C16H17N3O/c20-16(14-6-8-17-9-7-14)19-11-10-18-12-15(19)13-4-2-1-3-5-13/h1-9,15,18H,10-12H2. The van der Waals surface area contributed by atoms with E-state index in [2.05, 4.69) is 22.4 Å². The molecule has 0 bridgehead atoms. The number of nitrogens with one attached hydrogen (secondary N) is 1. The van der Waals surface area contributed by atoms with Gasteiger partial charge in [-0.25, -0.2) is 0 Å². The molecule has 2 heterocycles. The van der Waals surface area contributed by atoms with Gasteiger partial charge in [-0.3, -0.25) is 9.78 Å². The predicted molar refractivity (Wildman–Crippen MR) is 77.3 cm³/mol. The molecule has 1 fully saturated rings. The largest absolute Gasteiger partial charge is 0.329 e. The van der Waals surface area contributed by atoms with Gasteiger partial charge in [0.05, 0.1) is 6.04 Å². The van der Waals surface area contributed by atoms with Gasteiger partial charge in [0, 0.05) is 37.6 Å². The molecular formula is C16H17N3O. The molecule has 4 heteroatoms. The third kappa shape index (κ3) is 2.56. The minimum Gasteiger partial charge on any atom is -0.329 e. The van der Waals surface area contributed by atoms with Gasteiger partial charge in [-0.1, -0.05) is 30.3 Å². The van der Waals surface area contributed by atoms with Crippen LogP contribution in [0.1, 0.15) is 22.0 Å². The van der Waals surface area contributed by atoms with E-state index in [1.807, 2.05) is 23.1 Å². The van der Waals surface area contributed by atoms with E-state index in [1.54, 1.807) is 24.5 Å². The zero-order valence-corrected chi connectivity index (χ0v) is 11.2. The van der Waals surface area contributed by atoms with Crippen molar-refractivity contribution < 1.29 is 4.79 Å². The Bertz CT molecular complexity index is 571. The lowest BCUT2D eigenvalue weighted by Crippen LogP contribution is -2.48. The maximum atomic E-state index is 12.7. The molecular weight excluding hydrogens is 250 g/mol. The van der Waals surface area contributed by atoms with Crippen molar-refractivity contribution in [1.29, 1.82) is 0 Å². The first-order valence-electron chi connectivity index (χ1n) is 6.83. The molecule has 1 aromatic carbocycles. The summed E-state index contributed by atoms with van der Waals surface area (Å²) < 4.78 is 0. The van der Waals surface area contributed by atoms with Gasteiger partial charge in [-0.15, -0.1) is 0 Å². The van der Waals surface area contributed by atoms with E-state index in [0.717, 1.165) is 19.6 Å². The van der Waals surface area contributed by atoms with Crippen molar-refractivity contribution >= 4 is 5.91 Å². The lowest BCUT2D eigenvalue weighted by molar-refractivity contribution is 0.0634. The number of hydrogen-bond donors (Lipinski definition) is 1. The Morgan fingerprint density at radius 2 is 1.90 bits per heavy atom. The van der Waals surface area contributed by atoms with Crippen LogP contribution in [0.5, 0.6) is 0 Å². The molecule has 3 rings (SSSR count). The van der Waals surface area contributed by atoms with Crippen LogP contribution in [0, 0.1) is 0 Å². The Morgan fingerprint density at radius 3 is 2.65 bits per heavy atom. The van der Waals surface area contributed by atoms with Gasteiger partial charge in [0.25, 0.3) is 5.91 Å². The van der Waals surface area contributed by atoms with Gasteiger partial charge in [0.1, 0.15) is 0 Å². The summed E-state index contributed by atoms with van der Waals surface area (Å²) in [5.74, 6) is 0.0720. The zero-order chi connectivity index (χ0) is 13.8. The van der Waals surface area contributed by atoms with E-state index in [0.29, 0.717) is 5.56 Å². The first kappa shape index (κ1) is 12.8. The number of pyridine rings is 1. The summed E-state index contributed by atoms with van der Waals surface area (Å²) in [7, 11) is 0. The number of carbonyl (C=O) groups is 1. The van der Waals surface area contributed by atoms with E-state index in [4.69, 9.17) is 0 Å². The summed E-state index contributed by atoms with van der Waals surface area (Å²) >= 11 is 0. The van der Waals surface area contributed by atoms with Gasteiger partial charge in [0.2, 0.25) is 0 Å². The maximum Gasteiger partial charge on any atom is 0.254 e. The normalized spacial score (nSPS) is 18.8. The predicted octanol–water partition coefficient (Wildman–Crippen LogP) is 1.87. The van der Waals surface area contributed by atoms with Gasteiger partial charge in [-0.05, 0) is 17.7 Å². The fraction of sp³-hybridized carbons (Fsp3) is 0.250. The molecule has 1 N–H and O–H groups in total. The van der Waals surface area contributed by atoms with Crippen LogP contribution in [-0.4, -0.2) is 35.4 Å². The highest BCUT2D eigenvalue weighted by atomic mass is 16.2. The number of nitrogens with zero attached hydrogens (tertiary/aromatic N) is 2. The van der Waals surface area contributed by atoms with Crippen LogP contribution in [0.25, 0.3) is 0 Å². The molecule has 2 aromatic rings. The van der Waals surface area contributed by atoms with Crippen LogP contribution in [-0.2, 0) is 0 Å². The Morgan fingerprint density at radius 1 is 1.15 bits per heavy atom. The highest BCUT2D eigenvalue weighted by Gasteiger charge is 2.28. The average molecular weight is 267 g/mol. The second-order valence-electron chi connectivity index (χ2n) is 4.87. The third-order valence-electron chi connectivity index (χ3n) is 3.62. The van der Waals surface area contributed by atoms with Crippen LogP contribution in [0.2, 0.25) is 0 Å². The molecule has 1 aliphatic rings. The average Bonchev–Trinajstić information content (AvgIpc) is 2.56. The molecule has 1 unspecified atom stereocenters. The molecule has 0 saturated carbocycles. The number of piperazine rings is 1. The molecule has 1 aliphatic heterocycles. The minimum atomic E-state index is 0.0720. The first-order valence-corrected chi connectivity index (χ1v) is 6.83. The van der Waals surface area contributed by atoms with Crippen molar-refractivity contribution in [1.82, 2.24) is 15.2 Å². The van der Waals surface area contributed by atoms with Crippen LogP contribution in [0.4, 0.5) is 0 Å². The van der Waals surface area contributed by atoms with Gasteiger partial charge < -0.3 is 10.2 Å². The van der Waals surface area contributed by atoms with Crippen LogP contribution < -0.4 is 5.32 Å². The number of carbonyl (C=O) groups excluding carboxylic acids is 1. The minimum absolute atomic E-state index is 0.0720. The number of benzene rings is 1. The van der Waals surface area contributed by atoms with Crippen molar-refractivity contribution in [2.24, 2.45) is 0 Å². The summed E-state index contributed by atoms with van der Waals surface area (Å²) in [6.07, 6.45) is 3.32. The van der Waals surface area contributed by atoms with Crippen molar-refractivity contribution in [3.8, 4) is 0 Å². The summed E-state index contributed by atoms with van der Waals surface area (Å²) in [5.41, 5.74) is 1.87. The lowest BCUT2D eigenvalue weighted by atomic mass is 10.0. The smallest absolute Gasteiger partial charge is 0.254 e. The Hall–Kier alpha value is -2.20. The first-order chi connectivity index (χ1) is 9.86. The van der Waals surface area contributed by atoms with E-state index in [9.17, 15) is 4.79 Å². The maximum absolute atomic E-state index is 12.7. The number of amides is 1. The molecule has 4 nitrogen and oxygen atoms in total. The molecule has 1 amide bonds.